The maximum absolute atomic E-state index is 14.5. The van der Waals surface area contributed by atoms with E-state index in [2.05, 4.69) is 15.0 Å². The molecule has 0 bridgehead atoms. The van der Waals surface area contributed by atoms with Gasteiger partial charge in [-0.25, -0.2) is 19.2 Å². The van der Waals surface area contributed by atoms with Crippen molar-refractivity contribution < 1.29 is 4.39 Å². The first-order chi connectivity index (χ1) is 11.3. The fourth-order valence-corrected chi connectivity index (χ4v) is 3.36. The van der Waals surface area contributed by atoms with Gasteiger partial charge in [-0.2, -0.15) is 0 Å². The second-order valence-corrected chi connectivity index (χ2v) is 7.44. The molecule has 0 unspecified atom stereocenters. The van der Waals surface area contributed by atoms with E-state index in [1.54, 1.807) is 18.2 Å². The Kier molecular flexibility index (Phi) is 3.96. The lowest BCUT2D eigenvalue weighted by molar-refractivity contribution is 0.585. The summed E-state index contributed by atoms with van der Waals surface area (Å²) in [7, 11) is 0. The molecule has 5 nitrogen and oxygen atoms in total. The minimum absolute atomic E-state index is 0.0620. The minimum Gasteiger partial charge on any atom is -0.396 e. The van der Waals surface area contributed by atoms with E-state index < -0.39 is 11.5 Å². The first-order valence-corrected chi connectivity index (χ1v) is 8.20. The lowest BCUT2D eigenvalue weighted by atomic mass is 9.98. The van der Waals surface area contributed by atoms with Crippen molar-refractivity contribution in [3.8, 4) is 21.8 Å². The summed E-state index contributed by atoms with van der Waals surface area (Å²) < 4.78 is 14.5. The Balaban J connectivity index is 2.30. The van der Waals surface area contributed by atoms with Gasteiger partial charge in [-0.05, 0) is 18.2 Å². The van der Waals surface area contributed by atoms with Gasteiger partial charge < -0.3 is 10.7 Å². The van der Waals surface area contributed by atoms with Crippen LogP contribution in [0.1, 0.15) is 25.8 Å². The molecule has 0 aliphatic heterocycles. The number of thiazole rings is 1. The Hall–Kier alpha value is -2.54. The van der Waals surface area contributed by atoms with Crippen molar-refractivity contribution in [2.75, 3.05) is 5.73 Å². The van der Waals surface area contributed by atoms with Crippen LogP contribution >= 0.6 is 11.3 Å². The summed E-state index contributed by atoms with van der Waals surface area (Å²) in [5.41, 5.74) is 6.43. The van der Waals surface area contributed by atoms with Gasteiger partial charge >= 0.3 is 5.69 Å². The summed E-state index contributed by atoms with van der Waals surface area (Å²) >= 11 is 1.42. The van der Waals surface area contributed by atoms with Crippen LogP contribution in [0.4, 0.5) is 10.1 Å². The summed E-state index contributed by atoms with van der Waals surface area (Å²) in [6.07, 6.45) is 1.42. The van der Waals surface area contributed by atoms with E-state index in [0.29, 0.717) is 21.8 Å². The number of aromatic nitrogens is 3. The Morgan fingerprint density at radius 3 is 2.67 bits per heavy atom. The Morgan fingerprint density at radius 2 is 2.00 bits per heavy atom. The predicted molar refractivity (Wildman–Crippen MR) is 94.5 cm³/mol. The van der Waals surface area contributed by atoms with E-state index in [9.17, 15) is 9.18 Å². The molecule has 24 heavy (non-hydrogen) atoms. The normalized spacial score (nSPS) is 11.7. The zero-order chi connectivity index (χ0) is 17.5. The first kappa shape index (κ1) is 16.3. The van der Waals surface area contributed by atoms with Crippen LogP contribution < -0.4 is 11.4 Å². The molecular weight excluding hydrogens is 327 g/mol. The molecule has 124 valence electrons. The predicted octanol–water partition coefficient (Wildman–Crippen LogP) is 3.58. The summed E-state index contributed by atoms with van der Waals surface area (Å²) in [5, 5.41) is 0.840. The van der Waals surface area contributed by atoms with E-state index in [4.69, 9.17) is 5.73 Å². The van der Waals surface area contributed by atoms with Crippen LogP contribution in [0.15, 0.2) is 35.3 Å². The second kappa shape index (κ2) is 5.83. The van der Waals surface area contributed by atoms with Crippen molar-refractivity contribution in [3.63, 3.8) is 0 Å². The number of anilines is 1. The molecule has 2 heterocycles. The number of hydrogen-bond donors (Lipinski definition) is 2. The van der Waals surface area contributed by atoms with Gasteiger partial charge in [0.15, 0.2) is 5.82 Å². The summed E-state index contributed by atoms with van der Waals surface area (Å²) in [6.45, 7) is 6.10. The smallest absolute Gasteiger partial charge is 0.345 e. The van der Waals surface area contributed by atoms with Crippen LogP contribution in [0.3, 0.4) is 0 Å². The van der Waals surface area contributed by atoms with E-state index >= 15 is 0 Å². The topological polar surface area (TPSA) is 84.7 Å². The molecule has 3 aromatic rings. The molecular formula is C17H17FN4OS. The highest BCUT2D eigenvalue weighted by atomic mass is 32.1. The molecule has 1 aromatic carbocycles. The number of halogens is 1. The fourth-order valence-electron chi connectivity index (χ4n) is 2.24. The van der Waals surface area contributed by atoms with Gasteiger partial charge in [0, 0.05) is 17.2 Å². The van der Waals surface area contributed by atoms with Crippen molar-refractivity contribution in [2.24, 2.45) is 0 Å². The molecule has 3 rings (SSSR count). The molecule has 0 saturated heterocycles. The number of H-pyrrole nitrogens is 1. The number of nitrogen functional groups attached to an aromatic ring is 1. The van der Waals surface area contributed by atoms with Crippen molar-refractivity contribution >= 4 is 17.0 Å². The number of rotatable bonds is 2. The molecule has 0 radical (unpaired) electrons. The number of nitrogens with one attached hydrogen (secondary N) is 1. The fraction of sp³-hybridized carbons (Fsp3) is 0.235. The first-order valence-electron chi connectivity index (χ1n) is 7.39. The lowest BCUT2D eigenvalue weighted by Crippen LogP contribution is -2.10. The highest BCUT2D eigenvalue weighted by Crippen LogP contribution is 2.41. The Morgan fingerprint density at radius 1 is 1.25 bits per heavy atom. The van der Waals surface area contributed by atoms with Gasteiger partial charge in [0.1, 0.15) is 0 Å². The van der Waals surface area contributed by atoms with Crippen molar-refractivity contribution in [1.82, 2.24) is 15.0 Å². The monoisotopic (exact) mass is 344 g/mol. The third-order valence-electron chi connectivity index (χ3n) is 3.47. The maximum Gasteiger partial charge on any atom is 0.345 e. The molecule has 0 amide bonds. The zero-order valence-electron chi connectivity index (χ0n) is 13.6. The van der Waals surface area contributed by atoms with Gasteiger partial charge in [-0.15, -0.1) is 11.3 Å². The summed E-state index contributed by atoms with van der Waals surface area (Å²) in [4.78, 5) is 23.2. The molecule has 3 N–H and O–H groups in total. The number of nitrogens with zero attached hydrogens (tertiary/aromatic N) is 2. The highest BCUT2D eigenvalue weighted by Gasteiger charge is 2.25. The van der Waals surface area contributed by atoms with Crippen molar-refractivity contribution in [2.45, 2.75) is 26.2 Å². The van der Waals surface area contributed by atoms with E-state index in [1.807, 2.05) is 20.8 Å². The summed E-state index contributed by atoms with van der Waals surface area (Å²) in [5.74, 6) is -0.513. The Bertz CT molecular complexity index is 956. The van der Waals surface area contributed by atoms with Crippen LogP contribution in [-0.4, -0.2) is 15.0 Å². The third kappa shape index (κ3) is 2.94. The van der Waals surface area contributed by atoms with Gasteiger partial charge in [-0.1, -0.05) is 26.8 Å². The third-order valence-corrected chi connectivity index (χ3v) is 4.99. The highest BCUT2D eigenvalue weighted by molar-refractivity contribution is 7.15. The van der Waals surface area contributed by atoms with Crippen LogP contribution in [0.25, 0.3) is 21.8 Å². The molecule has 0 atom stereocenters. The van der Waals surface area contributed by atoms with Gasteiger partial charge in [-0.3, -0.25) is 0 Å². The maximum atomic E-state index is 14.5. The number of benzene rings is 1. The van der Waals surface area contributed by atoms with E-state index in [-0.39, 0.29) is 11.1 Å². The van der Waals surface area contributed by atoms with Crippen molar-refractivity contribution in [3.05, 3.63) is 51.8 Å². The number of nitrogens with two attached hydrogens (primary N) is 1. The molecule has 0 fully saturated rings. The van der Waals surface area contributed by atoms with E-state index in [1.165, 1.54) is 23.6 Å². The number of aromatic amines is 1. The molecule has 7 heteroatoms. The molecule has 0 aliphatic rings. The minimum atomic E-state index is -0.513. The van der Waals surface area contributed by atoms with Crippen LogP contribution in [0.5, 0.6) is 0 Å². The SMILES string of the molecule is CC(C)(C)c1nc(-c2cccc(N)c2F)c(-c2ccnc(=O)[nH]2)s1. The molecule has 0 aliphatic carbocycles. The zero-order valence-corrected chi connectivity index (χ0v) is 14.4. The van der Waals surface area contributed by atoms with Crippen molar-refractivity contribution in [1.29, 1.82) is 0 Å². The molecule has 2 aromatic heterocycles. The number of hydrogen-bond acceptors (Lipinski definition) is 5. The standard InChI is InChI=1S/C17H17FN4OS/c1-17(2,3)15-22-13(9-5-4-6-10(19)12(9)18)14(24-15)11-7-8-20-16(23)21-11/h4-8H,19H2,1-3H3,(H,20,21,23). The largest absolute Gasteiger partial charge is 0.396 e. The van der Waals surface area contributed by atoms with Crippen LogP contribution in [0.2, 0.25) is 0 Å². The second-order valence-electron chi connectivity index (χ2n) is 6.44. The van der Waals surface area contributed by atoms with Gasteiger partial charge in [0.25, 0.3) is 0 Å². The molecule has 0 saturated carbocycles. The average molecular weight is 344 g/mol. The van der Waals surface area contributed by atoms with Gasteiger partial charge in [0.05, 0.1) is 27.0 Å². The average Bonchev–Trinajstić information content (AvgIpc) is 2.95. The quantitative estimate of drug-likeness (QED) is 0.696. The molecule has 0 spiro atoms. The Labute approximate surface area is 142 Å². The lowest BCUT2D eigenvalue weighted by Gasteiger charge is -2.13. The van der Waals surface area contributed by atoms with E-state index in [0.717, 1.165) is 5.01 Å². The van der Waals surface area contributed by atoms with Gasteiger partial charge in [0.2, 0.25) is 0 Å². The van der Waals surface area contributed by atoms with Crippen LogP contribution in [-0.2, 0) is 5.41 Å². The summed E-state index contributed by atoms with van der Waals surface area (Å²) in [6, 6.07) is 6.50. The van der Waals surface area contributed by atoms with Crippen LogP contribution in [0, 0.1) is 5.82 Å².